The molecule has 0 aliphatic heterocycles. The molecule has 0 fully saturated rings. The molecule has 0 radical (unpaired) electrons. The van der Waals surface area contributed by atoms with E-state index in [0.29, 0.717) is 13.0 Å². The largest absolute Gasteiger partial charge is 0.489 e. The van der Waals surface area contributed by atoms with Crippen molar-refractivity contribution in [2.75, 3.05) is 27.2 Å². The number of guanidine groups is 1. The molecule has 1 atom stereocenters. The zero-order valence-electron chi connectivity index (χ0n) is 15.8. The molecule has 0 bridgehead atoms. The molecule has 6 heteroatoms. The molecule has 0 saturated carbocycles. The van der Waals surface area contributed by atoms with Crippen LogP contribution in [0.5, 0.6) is 5.75 Å². The lowest BCUT2D eigenvalue weighted by molar-refractivity contribution is -0.140. The Morgan fingerprint density at radius 1 is 1.20 bits per heavy atom. The Balaban J connectivity index is 2.19. The third-order valence-corrected chi connectivity index (χ3v) is 3.78. The number of esters is 1. The van der Waals surface area contributed by atoms with Crippen LogP contribution in [0.15, 0.2) is 29.3 Å². The number of para-hydroxylation sites is 1. The highest BCUT2D eigenvalue weighted by Gasteiger charge is 2.07. The van der Waals surface area contributed by atoms with E-state index >= 15 is 0 Å². The van der Waals surface area contributed by atoms with Crippen LogP contribution in [0.1, 0.15) is 38.2 Å². The van der Waals surface area contributed by atoms with E-state index in [1.807, 2.05) is 38.1 Å². The first-order valence-electron chi connectivity index (χ1n) is 8.80. The van der Waals surface area contributed by atoms with Crippen LogP contribution in [0.4, 0.5) is 0 Å². The summed E-state index contributed by atoms with van der Waals surface area (Å²) in [5.74, 6) is 1.52. The van der Waals surface area contributed by atoms with Crippen molar-refractivity contribution < 1.29 is 14.3 Å². The number of aliphatic imine (C=N–C) groups is 1. The van der Waals surface area contributed by atoms with Crippen LogP contribution in [-0.2, 0) is 9.53 Å². The molecule has 1 aromatic carbocycles. The van der Waals surface area contributed by atoms with E-state index in [9.17, 15) is 4.79 Å². The molecule has 6 nitrogen and oxygen atoms in total. The number of aryl methyl sites for hydroxylation is 1. The number of ether oxygens (including phenoxy) is 2. The molecular weight excluding hydrogens is 318 g/mol. The number of hydrogen-bond acceptors (Lipinski definition) is 4. The lowest BCUT2D eigenvalue weighted by Crippen LogP contribution is -2.42. The highest BCUT2D eigenvalue weighted by Crippen LogP contribution is 2.17. The van der Waals surface area contributed by atoms with Gasteiger partial charge >= 0.3 is 5.97 Å². The summed E-state index contributed by atoms with van der Waals surface area (Å²) in [4.78, 5) is 15.2. The van der Waals surface area contributed by atoms with E-state index in [0.717, 1.165) is 43.1 Å². The molecule has 1 unspecified atom stereocenters. The molecule has 0 heterocycles. The summed E-state index contributed by atoms with van der Waals surface area (Å²) in [5, 5.41) is 6.54. The molecule has 0 saturated heterocycles. The van der Waals surface area contributed by atoms with E-state index in [-0.39, 0.29) is 12.1 Å². The minimum absolute atomic E-state index is 0.0275. The lowest BCUT2D eigenvalue weighted by Gasteiger charge is -2.18. The van der Waals surface area contributed by atoms with Crippen LogP contribution in [0.25, 0.3) is 0 Å². The smallest absolute Gasteiger partial charge is 0.305 e. The molecule has 25 heavy (non-hydrogen) atoms. The lowest BCUT2D eigenvalue weighted by atomic mass is 10.2. The van der Waals surface area contributed by atoms with Crippen molar-refractivity contribution in [3.8, 4) is 5.75 Å². The number of carbonyl (C=O) groups excluding carboxylic acids is 1. The van der Waals surface area contributed by atoms with Crippen LogP contribution in [-0.4, -0.2) is 45.3 Å². The maximum atomic E-state index is 11.0. The van der Waals surface area contributed by atoms with Crippen molar-refractivity contribution in [2.45, 2.75) is 45.6 Å². The molecule has 2 N–H and O–H groups in total. The Labute approximate surface area is 151 Å². The number of unbranched alkanes of at least 4 members (excludes halogenated alkanes) is 2. The quantitative estimate of drug-likeness (QED) is 0.294. The van der Waals surface area contributed by atoms with Crippen LogP contribution < -0.4 is 15.4 Å². The second-order valence-corrected chi connectivity index (χ2v) is 5.96. The average molecular weight is 349 g/mol. The van der Waals surface area contributed by atoms with Crippen molar-refractivity contribution in [2.24, 2.45) is 4.99 Å². The van der Waals surface area contributed by atoms with Gasteiger partial charge in [-0.25, -0.2) is 0 Å². The summed E-state index contributed by atoms with van der Waals surface area (Å²) in [5.41, 5.74) is 1.13. The third-order valence-electron chi connectivity index (χ3n) is 3.78. The number of hydrogen-bond donors (Lipinski definition) is 2. The molecule has 0 aromatic heterocycles. The average Bonchev–Trinajstić information content (AvgIpc) is 2.62. The number of nitrogens with zero attached hydrogens (tertiary/aromatic N) is 1. The Bertz CT molecular complexity index is 546. The fourth-order valence-corrected chi connectivity index (χ4v) is 2.29. The minimum Gasteiger partial charge on any atom is -0.489 e. The first-order valence-corrected chi connectivity index (χ1v) is 8.80. The number of methoxy groups -OCH3 is 1. The normalized spacial score (nSPS) is 12.4. The standard InChI is InChI=1S/C19H31N3O3/c1-15-10-7-8-11-17(15)25-16(2)14-22-19(20-3)21-13-9-5-6-12-18(23)24-4/h7-8,10-11,16H,5-6,9,12-14H2,1-4H3,(H2,20,21,22). The van der Waals surface area contributed by atoms with Gasteiger partial charge in [-0.2, -0.15) is 0 Å². The van der Waals surface area contributed by atoms with Gasteiger partial charge < -0.3 is 20.1 Å². The Morgan fingerprint density at radius 2 is 1.96 bits per heavy atom. The summed E-state index contributed by atoms with van der Waals surface area (Å²) in [6.45, 7) is 5.54. The molecular formula is C19H31N3O3. The second-order valence-electron chi connectivity index (χ2n) is 5.96. The van der Waals surface area contributed by atoms with Gasteiger partial charge in [0, 0.05) is 20.0 Å². The highest BCUT2D eigenvalue weighted by molar-refractivity contribution is 5.79. The summed E-state index contributed by atoms with van der Waals surface area (Å²) in [7, 11) is 3.17. The van der Waals surface area contributed by atoms with E-state index in [1.165, 1.54) is 7.11 Å². The SMILES string of the molecule is CN=C(NCCCCCC(=O)OC)NCC(C)Oc1ccccc1C. The van der Waals surface area contributed by atoms with Gasteiger partial charge in [0.15, 0.2) is 5.96 Å². The molecule has 1 aromatic rings. The summed E-state index contributed by atoms with van der Waals surface area (Å²) < 4.78 is 10.6. The van der Waals surface area contributed by atoms with Gasteiger partial charge in [0.2, 0.25) is 0 Å². The van der Waals surface area contributed by atoms with Gasteiger partial charge in [-0.3, -0.25) is 9.79 Å². The summed E-state index contributed by atoms with van der Waals surface area (Å²) in [6.07, 6.45) is 3.32. The molecule has 1 rings (SSSR count). The van der Waals surface area contributed by atoms with Crippen molar-refractivity contribution >= 4 is 11.9 Å². The van der Waals surface area contributed by atoms with Crippen LogP contribution in [0, 0.1) is 6.92 Å². The summed E-state index contributed by atoms with van der Waals surface area (Å²) in [6, 6.07) is 7.99. The van der Waals surface area contributed by atoms with Crippen molar-refractivity contribution in [3.05, 3.63) is 29.8 Å². The topological polar surface area (TPSA) is 72.0 Å². The molecule has 0 amide bonds. The number of carbonyl (C=O) groups is 1. The molecule has 0 aliphatic rings. The zero-order chi connectivity index (χ0) is 18.5. The number of rotatable bonds is 10. The Kier molecular flexibility index (Phi) is 10.1. The van der Waals surface area contributed by atoms with E-state index < -0.39 is 0 Å². The van der Waals surface area contributed by atoms with Crippen LogP contribution in [0.2, 0.25) is 0 Å². The Morgan fingerprint density at radius 3 is 2.64 bits per heavy atom. The van der Waals surface area contributed by atoms with Crippen LogP contribution in [0.3, 0.4) is 0 Å². The maximum absolute atomic E-state index is 11.0. The fourth-order valence-electron chi connectivity index (χ4n) is 2.29. The number of benzene rings is 1. The van der Waals surface area contributed by atoms with Gasteiger partial charge in [0.25, 0.3) is 0 Å². The maximum Gasteiger partial charge on any atom is 0.305 e. The minimum atomic E-state index is -0.145. The van der Waals surface area contributed by atoms with Crippen molar-refractivity contribution in [3.63, 3.8) is 0 Å². The van der Waals surface area contributed by atoms with Gasteiger partial charge in [0.1, 0.15) is 11.9 Å². The molecule has 0 spiro atoms. The van der Waals surface area contributed by atoms with E-state index in [2.05, 4.69) is 20.4 Å². The van der Waals surface area contributed by atoms with Crippen LogP contribution >= 0.6 is 0 Å². The zero-order valence-corrected chi connectivity index (χ0v) is 15.8. The predicted octanol–water partition coefficient (Wildman–Crippen LogP) is 2.66. The molecule has 0 aliphatic carbocycles. The monoisotopic (exact) mass is 349 g/mol. The van der Waals surface area contributed by atoms with Gasteiger partial charge in [-0.05, 0) is 38.3 Å². The van der Waals surface area contributed by atoms with Crippen molar-refractivity contribution in [1.82, 2.24) is 10.6 Å². The first-order chi connectivity index (χ1) is 12.1. The highest BCUT2D eigenvalue weighted by atomic mass is 16.5. The van der Waals surface area contributed by atoms with Crippen molar-refractivity contribution in [1.29, 1.82) is 0 Å². The van der Waals surface area contributed by atoms with Gasteiger partial charge in [-0.1, -0.05) is 24.6 Å². The third kappa shape index (κ3) is 8.98. The predicted molar refractivity (Wildman–Crippen MR) is 101 cm³/mol. The molecule has 140 valence electrons. The first kappa shape index (κ1) is 20.8. The summed E-state index contributed by atoms with van der Waals surface area (Å²) >= 11 is 0. The van der Waals surface area contributed by atoms with Gasteiger partial charge in [-0.15, -0.1) is 0 Å². The fraction of sp³-hybridized carbons (Fsp3) is 0.579. The van der Waals surface area contributed by atoms with E-state index in [4.69, 9.17) is 4.74 Å². The Hall–Kier alpha value is -2.24. The van der Waals surface area contributed by atoms with E-state index in [1.54, 1.807) is 7.05 Å². The van der Waals surface area contributed by atoms with Gasteiger partial charge in [0.05, 0.1) is 13.7 Å². The second kappa shape index (κ2) is 12.2. The number of nitrogens with one attached hydrogen (secondary N) is 2.